The van der Waals surface area contributed by atoms with Crippen LogP contribution < -0.4 is 10.6 Å². The van der Waals surface area contributed by atoms with Gasteiger partial charge in [-0.2, -0.15) is 0 Å². The van der Waals surface area contributed by atoms with Crippen molar-refractivity contribution in [2.75, 3.05) is 39.9 Å². The Balaban J connectivity index is 2.45. The summed E-state index contributed by atoms with van der Waals surface area (Å²) in [4.78, 5) is 7.20. The second-order valence-corrected chi connectivity index (χ2v) is 5.34. The first-order chi connectivity index (χ1) is 9.17. The van der Waals surface area contributed by atoms with Gasteiger partial charge >= 0.3 is 0 Å². The molecule has 1 atom stereocenters. The van der Waals surface area contributed by atoms with Crippen LogP contribution in [0.4, 0.5) is 0 Å². The molecule has 5 nitrogen and oxygen atoms in total. The Bertz CT molecular complexity index is 268. The maximum Gasteiger partial charge on any atom is 0.191 e. The number of methoxy groups -OCH3 is 1. The largest absolute Gasteiger partial charge is 0.383 e. The molecule has 112 valence electrons. The molecule has 1 fully saturated rings. The van der Waals surface area contributed by atoms with E-state index in [0.29, 0.717) is 12.1 Å². The second kappa shape index (κ2) is 9.15. The Morgan fingerprint density at radius 3 is 2.89 bits per heavy atom. The predicted molar refractivity (Wildman–Crippen MR) is 80.7 cm³/mol. The van der Waals surface area contributed by atoms with Crippen molar-refractivity contribution in [2.24, 2.45) is 4.99 Å². The van der Waals surface area contributed by atoms with E-state index in [1.54, 1.807) is 7.11 Å². The van der Waals surface area contributed by atoms with Crippen molar-refractivity contribution in [3.63, 3.8) is 0 Å². The Morgan fingerprint density at radius 2 is 2.26 bits per heavy atom. The molecule has 0 aromatic carbocycles. The molecule has 1 saturated heterocycles. The fraction of sp³-hybridized carbons (Fsp3) is 0.929. The number of aliphatic imine (C=N–C) groups is 1. The van der Waals surface area contributed by atoms with Crippen molar-refractivity contribution in [3.8, 4) is 0 Å². The monoisotopic (exact) mass is 270 g/mol. The summed E-state index contributed by atoms with van der Waals surface area (Å²) < 4.78 is 5.17. The Kier molecular flexibility index (Phi) is 7.82. The fourth-order valence-corrected chi connectivity index (χ4v) is 2.39. The summed E-state index contributed by atoms with van der Waals surface area (Å²) in [5.41, 5.74) is 0. The summed E-state index contributed by atoms with van der Waals surface area (Å²) in [7, 11) is 1.76. The molecule has 0 bridgehead atoms. The number of likely N-dealkylation sites (tertiary alicyclic amines) is 1. The van der Waals surface area contributed by atoms with Gasteiger partial charge in [-0.3, -0.25) is 9.89 Å². The van der Waals surface area contributed by atoms with Crippen molar-refractivity contribution >= 4 is 5.96 Å². The van der Waals surface area contributed by atoms with Crippen LogP contribution in [-0.2, 0) is 4.74 Å². The third kappa shape index (κ3) is 6.25. The molecule has 0 aromatic heterocycles. The number of nitrogens with zero attached hydrogens (tertiary/aromatic N) is 2. The molecule has 1 unspecified atom stereocenters. The maximum absolute atomic E-state index is 5.17. The predicted octanol–water partition coefficient (Wildman–Crippen LogP) is 1.06. The average molecular weight is 270 g/mol. The molecule has 1 heterocycles. The number of nitrogens with one attached hydrogen (secondary N) is 2. The van der Waals surface area contributed by atoms with Gasteiger partial charge in [0.15, 0.2) is 5.96 Å². The molecule has 1 aliphatic heterocycles. The highest BCUT2D eigenvalue weighted by atomic mass is 16.5. The molecule has 0 spiro atoms. The SMILES string of the molecule is CCNC(=NCC1CCCN1CCOC)NC(C)C. The summed E-state index contributed by atoms with van der Waals surface area (Å²) in [5, 5.41) is 6.65. The summed E-state index contributed by atoms with van der Waals surface area (Å²) in [5.74, 6) is 0.927. The van der Waals surface area contributed by atoms with Crippen LogP contribution >= 0.6 is 0 Å². The molecule has 0 aliphatic carbocycles. The number of ether oxygens (including phenoxy) is 1. The molecule has 5 heteroatoms. The van der Waals surface area contributed by atoms with Crippen LogP contribution in [0.2, 0.25) is 0 Å². The van der Waals surface area contributed by atoms with E-state index < -0.39 is 0 Å². The smallest absolute Gasteiger partial charge is 0.191 e. The van der Waals surface area contributed by atoms with Crippen LogP contribution in [0.15, 0.2) is 4.99 Å². The maximum atomic E-state index is 5.17. The molecule has 0 saturated carbocycles. The summed E-state index contributed by atoms with van der Waals surface area (Å²) in [6, 6.07) is 0.976. The molecule has 1 rings (SSSR count). The fourth-order valence-electron chi connectivity index (χ4n) is 2.39. The third-order valence-electron chi connectivity index (χ3n) is 3.31. The molecular weight excluding hydrogens is 240 g/mol. The Labute approximate surface area is 117 Å². The first-order valence-corrected chi connectivity index (χ1v) is 7.45. The van der Waals surface area contributed by atoms with Crippen molar-refractivity contribution in [1.82, 2.24) is 15.5 Å². The van der Waals surface area contributed by atoms with Gasteiger partial charge in [0.25, 0.3) is 0 Å². The van der Waals surface area contributed by atoms with Crippen LogP contribution in [0, 0.1) is 0 Å². The zero-order chi connectivity index (χ0) is 14.1. The van der Waals surface area contributed by atoms with Crippen molar-refractivity contribution in [3.05, 3.63) is 0 Å². The zero-order valence-corrected chi connectivity index (χ0v) is 12.9. The number of hydrogen-bond acceptors (Lipinski definition) is 3. The van der Waals surface area contributed by atoms with Crippen LogP contribution in [0.5, 0.6) is 0 Å². The van der Waals surface area contributed by atoms with Gasteiger partial charge in [-0.25, -0.2) is 0 Å². The lowest BCUT2D eigenvalue weighted by Crippen LogP contribution is -2.42. The number of hydrogen-bond donors (Lipinski definition) is 2. The molecular formula is C14H30N4O. The zero-order valence-electron chi connectivity index (χ0n) is 12.9. The van der Waals surface area contributed by atoms with E-state index in [1.807, 2.05) is 0 Å². The normalized spacial score (nSPS) is 21.1. The van der Waals surface area contributed by atoms with E-state index in [9.17, 15) is 0 Å². The molecule has 2 N–H and O–H groups in total. The highest BCUT2D eigenvalue weighted by molar-refractivity contribution is 5.80. The minimum absolute atomic E-state index is 0.408. The van der Waals surface area contributed by atoms with Gasteiger partial charge in [-0.1, -0.05) is 0 Å². The molecule has 0 aromatic rings. The molecule has 0 radical (unpaired) electrons. The van der Waals surface area contributed by atoms with Gasteiger partial charge in [-0.15, -0.1) is 0 Å². The van der Waals surface area contributed by atoms with E-state index in [4.69, 9.17) is 9.73 Å². The lowest BCUT2D eigenvalue weighted by Gasteiger charge is -2.23. The first-order valence-electron chi connectivity index (χ1n) is 7.45. The summed E-state index contributed by atoms with van der Waals surface area (Å²) in [6.07, 6.45) is 2.52. The quantitative estimate of drug-likeness (QED) is 0.536. The lowest BCUT2D eigenvalue weighted by molar-refractivity contribution is 0.142. The van der Waals surface area contributed by atoms with E-state index in [-0.39, 0.29) is 0 Å². The van der Waals surface area contributed by atoms with E-state index >= 15 is 0 Å². The van der Waals surface area contributed by atoms with Crippen LogP contribution in [-0.4, -0.2) is 62.8 Å². The van der Waals surface area contributed by atoms with E-state index in [1.165, 1.54) is 19.4 Å². The van der Waals surface area contributed by atoms with Crippen molar-refractivity contribution < 1.29 is 4.74 Å². The highest BCUT2D eigenvalue weighted by Gasteiger charge is 2.23. The summed E-state index contributed by atoms with van der Waals surface area (Å²) >= 11 is 0. The summed E-state index contributed by atoms with van der Waals surface area (Å²) in [6.45, 7) is 11.1. The van der Waals surface area contributed by atoms with Gasteiger partial charge in [0, 0.05) is 32.3 Å². The van der Waals surface area contributed by atoms with Crippen LogP contribution in [0.3, 0.4) is 0 Å². The van der Waals surface area contributed by atoms with Gasteiger partial charge in [0.05, 0.1) is 13.2 Å². The van der Waals surface area contributed by atoms with Crippen LogP contribution in [0.25, 0.3) is 0 Å². The average Bonchev–Trinajstić information content (AvgIpc) is 2.80. The van der Waals surface area contributed by atoms with Gasteiger partial charge in [-0.05, 0) is 40.2 Å². The number of guanidine groups is 1. The molecule has 0 amide bonds. The molecule has 1 aliphatic rings. The second-order valence-electron chi connectivity index (χ2n) is 5.34. The van der Waals surface area contributed by atoms with Gasteiger partial charge in [0.2, 0.25) is 0 Å². The van der Waals surface area contributed by atoms with Crippen molar-refractivity contribution in [1.29, 1.82) is 0 Å². The lowest BCUT2D eigenvalue weighted by atomic mass is 10.2. The van der Waals surface area contributed by atoms with Gasteiger partial charge in [0.1, 0.15) is 0 Å². The Morgan fingerprint density at radius 1 is 1.47 bits per heavy atom. The topological polar surface area (TPSA) is 48.9 Å². The van der Waals surface area contributed by atoms with Crippen LogP contribution in [0.1, 0.15) is 33.6 Å². The highest BCUT2D eigenvalue weighted by Crippen LogP contribution is 2.16. The van der Waals surface area contributed by atoms with Crippen molar-refractivity contribution in [2.45, 2.75) is 45.7 Å². The molecule has 19 heavy (non-hydrogen) atoms. The first kappa shape index (κ1) is 16.2. The van der Waals surface area contributed by atoms with Gasteiger partial charge < -0.3 is 15.4 Å². The van der Waals surface area contributed by atoms with E-state index in [0.717, 1.165) is 32.2 Å². The number of rotatable bonds is 7. The minimum atomic E-state index is 0.408. The third-order valence-corrected chi connectivity index (χ3v) is 3.31. The minimum Gasteiger partial charge on any atom is -0.383 e. The Hall–Kier alpha value is -0.810. The standard InChI is InChI=1S/C14H30N4O/c1-5-15-14(17-12(2)3)16-11-13-7-6-8-18(13)9-10-19-4/h12-13H,5-11H2,1-4H3,(H2,15,16,17). The van der Waals surface area contributed by atoms with E-state index in [2.05, 4.69) is 36.3 Å².